The maximum atomic E-state index is 14.8. The second kappa shape index (κ2) is 20.5. The summed E-state index contributed by atoms with van der Waals surface area (Å²) in [5.41, 5.74) is -2.35. The number of H-pyrrole nitrogens is 2. The number of hydrogen-bond acceptors (Lipinski definition) is 11. The first-order valence-corrected chi connectivity index (χ1v) is 29.7. The van der Waals surface area contributed by atoms with Gasteiger partial charge < -0.3 is 23.4 Å². The fraction of sp³-hybridized carbons (Fsp3) is 0.396. The Morgan fingerprint density at radius 1 is 0.676 bits per heavy atom. The van der Waals surface area contributed by atoms with Crippen LogP contribution in [0.15, 0.2) is 159 Å². The number of aryl methyl sites for hydroxylation is 1. The average molecular weight is 1020 g/mol. The summed E-state index contributed by atoms with van der Waals surface area (Å²) < 4.78 is 59.9. The van der Waals surface area contributed by atoms with Gasteiger partial charge in [0.05, 0.1) is 36.4 Å². The minimum absolute atomic E-state index is 0.0471. The normalized spacial score (nSPS) is 22.2. The molecule has 2 aromatic heterocycles. The minimum Gasteiger partial charge on any atom is -0.405 e. The predicted molar refractivity (Wildman–Crippen MR) is 279 cm³/mol. The third-order valence-electron chi connectivity index (χ3n) is 14.1. The number of aromatic nitrogens is 4. The van der Waals surface area contributed by atoms with Gasteiger partial charge in [0, 0.05) is 36.4 Å². The maximum absolute atomic E-state index is 14.8. The highest BCUT2D eigenvalue weighted by molar-refractivity contribution is 7.91. The third-order valence-corrected chi connectivity index (χ3v) is 25.9. The highest BCUT2D eigenvalue weighted by atomic mass is 32.2. The van der Waals surface area contributed by atoms with Crippen LogP contribution in [0.25, 0.3) is 0 Å². The summed E-state index contributed by atoms with van der Waals surface area (Å²) in [6.07, 6.45) is -3.57. The Labute approximate surface area is 415 Å². The molecule has 2 saturated heterocycles. The van der Waals surface area contributed by atoms with E-state index >= 15 is 0 Å². The lowest BCUT2D eigenvalue weighted by Gasteiger charge is -2.45. The quantitative estimate of drug-likeness (QED) is 0.119. The highest BCUT2D eigenvalue weighted by Gasteiger charge is 2.55. The predicted octanol–water partition coefficient (Wildman–Crippen LogP) is 3.88. The van der Waals surface area contributed by atoms with Gasteiger partial charge in [0.25, 0.3) is 27.8 Å². The molecule has 0 spiro atoms. The number of sulfone groups is 1. The first-order valence-electron chi connectivity index (χ1n) is 24.0. The molecule has 15 nitrogen and oxygen atoms in total. The molecule has 6 aromatic rings. The summed E-state index contributed by atoms with van der Waals surface area (Å²) in [6.45, 7) is 14.2. The number of benzene rings is 4. The molecule has 3 N–H and O–H groups in total. The van der Waals surface area contributed by atoms with Gasteiger partial charge >= 0.3 is 11.4 Å². The Morgan fingerprint density at radius 3 is 1.66 bits per heavy atom. The van der Waals surface area contributed by atoms with Crippen LogP contribution in [0.3, 0.4) is 0 Å². The molecule has 8 rings (SSSR count). The molecule has 18 heteroatoms. The van der Waals surface area contributed by atoms with Crippen molar-refractivity contribution >= 4 is 47.2 Å². The zero-order valence-corrected chi connectivity index (χ0v) is 44.0. The van der Waals surface area contributed by atoms with Crippen molar-refractivity contribution < 1.29 is 31.9 Å². The molecular formula is C53H64N4O11SSi2. The molecule has 2 fully saturated rings. The Balaban J connectivity index is 1.14. The first-order chi connectivity index (χ1) is 33.6. The summed E-state index contributed by atoms with van der Waals surface area (Å²) in [5, 5.41) is 15.2. The van der Waals surface area contributed by atoms with E-state index in [2.05, 4.69) is 75.8 Å². The third kappa shape index (κ3) is 10.4. The lowest BCUT2D eigenvalue weighted by atomic mass is 10.0. The van der Waals surface area contributed by atoms with Crippen LogP contribution in [0.5, 0.6) is 0 Å². The maximum Gasteiger partial charge on any atom is 0.330 e. The number of ether oxygens (including phenoxy) is 2. The SMILES string of the molecule is Cc1cn([C@H]2C[C@H](O[Si](c3ccccc3)(c3ccccc3)C(C)(C)C)[C@@H](CCS(=O)(=O)C[C@H]3[C@@H](O)[C@H](n4ccc(=O)[nH]c4=O)O[C@@H]3CO[Si](c3ccccc3)(c3ccccc3)C(C)(C)C)O2)c(=O)[nH]c1=O. The molecule has 2 aliphatic heterocycles. The zero-order valence-electron chi connectivity index (χ0n) is 41.2. The van der Waals surface area contributed by atoms with Crippen molar-refractivity contribution in [1.82, 2.24) is 19.1 Å². The second-order valence-electron chi connectivity index (χ2n) is 20.8. The van der Waals surface area contributed by atoms with Crippen LogP contribution < -0.4 is 43.2 Å². The van der Waals surface area contributed by atoms with E-state index in [-0.39, 0.29) is 19.4 Å². The van der Waals surface area contributed by atoms with Crippen LogP contribution in [0.4, 0.5) is 0 Å². The molecule has 7 atom stereocenters. The molecule has 0 unspecified atom stereocenters. The summed E-state index contributed by atoms with van der Waals surface area (Å²) in [7, 11) is -10.6. The van der Waals surface area contributed by atoms with Crippen molar-refractivity contribution in [2.45, 2.75) is 108 Å². The fourth-order valence-electron chi connectivity index (χ4n) is 10.6. The lowest BCUT2D eigenvalue weighted by Crippen LogP contribution is -2.68. The molecule has 0 bridgehead atoms. The van der Waals surface area contributed by atoms with Crippen molar-refractivity contribution in [1.29, 1.82) is 0 Å². The molecule has 376 valence electrons. The molecule has 71 heavy (non-hydrogen) atoms. The molecule has 0 radical (unpaired) electrons. The second-order valence-corrected chi connectivity index (χ2v) is 31.6. The van der Waals surface area contributed by atoms with E-state index in [0.717, 1.165) is 31.4 Å². The van der Waals surface area contributed by atoms with Gasteiger partial charge in [-0.05, 0) is 44.2 Å². The topological polar surface area (TPSA) is 201 Å². The number of nitrogens with zero attached hydrogens (tertiary/aromatic N) is 2. The highest BCUT2D eigenvalue weighted by Crippen LogP contribution is 2.43. The summed E-state index contributed by atoms with van der Waals surface area (Å²) in [4.78, 5) is 55.8. The molecule has 0 aliphatic carbocycles. The minimum atomic E-state index is -4.10. The van der Waals surface area contributed by atoms with Crippen LogP contribution in [-0.4, -0.2) is 91.8 Å². The van der Waals surface area contributed by atoms with Crippen molar-refractivity contribution in [2.75, 3.05) is 18.1 Å². The number of hydrogen-bond donors (Lipinski definition) is 3. The van der Waals surface area contributed by atoms with Crippen LogP contribution in [-0.2, 0) is 28.2 Å². The molecular weight excluding hydrogens is 957 g/mol. The van der Waals surface area contributed by atoms with E-state index in [1.807, 2.05) is 97.1 Å². The van der Waals surface area contributed by atoms with Gasteiger partial charge in [-0.1, -0.05) is 163 Å². The number of rotatable bonds is 16. The van der Waals surface area contributed by atoms with Crippen molar-refractivity contribution in [2.24, 2.45) is 5.92 Å². The summed E-state index contributed by atoms with van der Waals surface area (Å²) in [6, 6.07) is 41.0. The van der Waals surface area contributed by atoms with E-state index in [9.17, 15) is 32.7 Å². The summed E-state index contributed by atoms with van der Waals surface area (Å²) in [5.74, 6) is -2.04. The standard InChI is InChI=1S/C53H64N4O11SSi2/c1-36-33-57(51(62)55-48(36)60)46-32-43(68-71(53(5,6)7,39-24-16-10-17-25-39)40-26-18-11-19-27-40)42(66-46)29-31-69(63,64)35-41-44(67-49(47(41)59)56-30-28-45(58)54-50(56)61)34-65-70(52(2,3)4,37-20-12-8-13-21-37)38-22-14-9-15-23-38/h8-28,30,33,41-44,46-47,49,59H,29,31-32,34-35H2,1-7H3,(H,54,58,61)(H,55,60,62)/t41-,42-,43+,44-,46-,47-,49-/m1/s1. The van der Waals surface area contributed by atoms with Gasteiger partial charge in [0.1, 0.15) is 12.3 Å². The Hall–Kier alpha value is -5.58. The monoisotopic (exact) mass is 1020 g/mol. The van der Waals surface area contributed by atoms with Gasteiger partial charge in [0.15, 0.2) is 16.1 Å². The number of aromatic amines is 2. The van der Waals surface area contributed by atoms with E-state index in [4.69, 9.17) is 18.3 Å². The van der Waals surface area contributed by atoms with Gasteiger partial charge in [-0.25, -0.2) is 18.0 Å². The van der Waals surface area contributed by atoms with E-state index in [1.54, 1.807) is 6.92 Å². The van der Waals surface area contributed by atoms with E-state index in [0.29, 0.717) is 5.56 Å². The van der Waals surface area contributed by atoms with Crippen LogP contribution >= 0.6 is 0 Å². The van der Waals surface area contributed by atoms with Crippen molar-refractivity contribution in [3.05, 3.63) is 187 Å². The average Bonchev–Trinajstić information content (AvgIpc) is 3.87. The lowest BCUT2D eigenvalue weighted by molar-refractivity contribution is -0.0515. The Kier molecular flexibility index (Phi) is 14.9. The van der Waals surface area contributed by atoms with E-state index < -0.39 is 113 Å². The molecule has 0 saturated carbocycles. The smallest absolute Gasteiger partial charge is 0.330 e. The summed E-state index contributed by atoms with van der Waals surface area (Å²) >= 11 is 0. The van der Waals surface area contributed by atoms with Gasteiger partial charge in [0.2, 0.25) is 0 Å². The molecule has 4 aromatic carbocycles. The van der Waals surface area contributed by atoms with Gasteiger partial charge in [-0.15, -0.1) is 0 Å². The van der Waals surface area contributed by atoms with Crippen LogP contribution in [0, 0.1) is 12.8 Å². The first kappa shape index (κ1) is 51.8. The number of aliphatic hydroxyl groups is 1. The number of nitrogens with one attached hydrogen (secondary N) is 2. The van der Waals surface area contributed by atoms with E-state index in [1.165, 1.54) is 17.0 Å². The Bertz CT molecular complexity index is 3060. The number of aliphatic hydroxyl groups excluding tert-OH is 1. The van der Waals surface area contributed by atoms with Crippen molar-refractivity contribution in [3.8, 4) is 0 Å². The van der Waals surface area contributed by atoms with Crippen LogP contribution in [0.2, 0.25) is 10.1 Å². The zero-order chi connectivity index (χ0) is 50.9. The molecule has 2 aliphatic rings. The van der Waals surface area contributed by atoms with Gasteiger partial charge in [-0.2, -0.15) is 0 Å². The Morgan fingerprint density at radius 2 is 1.17 bits per heavy atom. The van der Waals surface area contributed by atoms with Crippen molar-refractivity contribution in [3.63, 3.8) is 0 Å². The van der Waals surface area contributed by atoms with Gasteiger partial charge in [-0.3, -0.25) is 28.7 Å². The molecule has 4 heterocycles. The van der Waals surface area contributed by atoms with Crippen LogP contribution in [0.1, 0.15) is 72.4 Å². The largest absolute Gasteiger partial charge is 0.405 e. The fourth-order valence-corrected chi connectivity index (χ4v) is 21.7. The molecule has 0 amide bonds.